The molecular weight excluding hydrogens is 518 g/mol. The van der Waals surface area contributed by atoms with Crippen LogP contribution in [0, 0.1) is 5.92 Å². The molecule has 0 radical (unpaired) electrons. The van der Waals surface area contributed by atoms with Crippen LogP contribution in [0.25, 0.3) is 22.3 Å². The number of rotatable bonds is 8. The Kier molecular flexibility index (Phi) is 6.66. The molecule has 1 atom stereocenters. The number of ether oxygens (including phenoxy) is 1. The highest BCUT2D eigenvalue weighted by Crippen LogP contribution is 2.37. The van der Waals surface area contributed by atoms with Gasteiger partial charge in [0, 0.05) is 63.0 Å². The third-order valence-corrected chi connectivity index (χ3v) is 8.51. The first-order valence-corrected chi connectivity index (χ1v) is 14.5. The van der Waals surface area contributed by atoms with E-state index in [0.29, 0.717) is 17.6 Å². The van der Waals surface area contributed by atoms with Crippen LogP contribution < -0.4 is 15.0 Å². The second-order valence-corrected chi connectivity index (χ2v) is 11.1. The Labute approximate surface area is 239 Å². The topological polar surface area (TPSA) is 115 Å². The molecule has 3 aromatic heterocycles. The number of aromatic nitrogens is 5. The predicted molar refractivity (Wildman–Crippen MR) is 157 cm³/mol. The Morgan fingerprint density at radius 1 is 1.05 bits per heavy atom. The largest absolute Gasteiger partial charge is 0.491 e. The monoisotopic (exact) mass is 553 g/mol. The fourth-order valence-electron chi connectivity index (χ4n) is 5.75. The molecule has 1 saturated carbocycles. The number of nitrogens with one attached hydrogen (secondary N) is 2. The molecule has 4 aromatic rings. The highest BCUT2D eigenvalue weighted by Gasteiger charge is 2.35. The van der Waals surface area contributed by atoms with E-state index in [1.54, 1.807) is 13.4 Å². The first kappa shape index (κ1) is 25.7. The van der Waals surface area contributed by atoms with Gasteiger partial charge >= 0.3 is 0 Å². The first-order chi connectivity index (χ1) is 20.1. The summed E-state index contributed by atoms with van der Waals surface area (Å²) in [6.45, 7) is 7.55. The van der Waals surface area contributed by atoms with Crippen molar-refractivity contribution in [3.05, 3.63) is 48.4 Å². The second-order valence-electron chi connectivity index (χ2n) is 11.1. The number of H-pyrrole nitrogens is 1. The Morgan fingerprint density at radius 3 is 2.61 bits per heavy atom. The Hall–Kier alpha value is -4.25. The first-order valence-electron chi connectivity index (χ1n) is 14.5. The number of amides is 1. The van der Waals surface area contributed by atoms with Gasteiger partial charge in [-0.25, -0.2) is 19.9 Å². The third kappa shape index (κ3) is 5.06. The second kappa shape index (κ2) is 10.6. The number of carbonyl (C=O) groups excluding carboxylic acids is 1. The van der Waals surface area contributed by atoms with Crippen molar-refractivity contribution in [2.24, 2.45) is 5.92 Å². The summed E-state index contributed by atoms with van der Waals surface area (Å²) in [6, 6.07) is 10.4. The lowest BCUT2D eigenvalue weighted by Crippen LogP contribution is -2.49. The summed E-state index contributed by atoms with van der Waals surface area (Å²) in [5.74, 6) is 3.51. The molecule has 41 heavy (non-hydrogen) atoms. The average molecular weight is 554 g/mol. The molecule has 1 aliphatic carbocycles. The van der Waals surface area contributed by atoms with E-state index in [-0.39, 0.29) is 12.0 Å². The van der Waals surface area contributed by atoms with Gasteiger partial charge in [-0.15, -0.1) is 0 Å². The Balaban J connectivity index is 1.06. The average Bonchev–Trinajstić information content (AvgIpc) is 3.75. The number of hydrogen-bond donors (Lipinski definition) is 2. The van der Waals surface area contributed by atoms with Gasteiger partial charge < -0.3 is 24.8 Å². The zero-order chi connectivity index (χ0) is 27.9. The molecule has 1 amide bonds. The lowest BCUT2D eigenvalue weighted by Gasteiger charge is -2.38. The van der Waals surface area contributed by atoms with Gasteiger partial charge in [-0.05, 0) is 56.0 Å². The highest BCUT2D eigenvalue weighted by atomic mass is 16.5. The summed E-state index contributed by atoms with van der Waals surface area (Å²) in [5.41, 5.74) is 4.60. The summed E-state index contributed by atoms with van der Waals surface area (Å²) >= 11 is 0. The zero-order valence-corrected chi connectivity index (χ0v) is 23.5. The highest BCUT2D eigenvalue weighted by molar-refractivity contribution is 5.85. The van der Waals surface area contributed by atoms with Crippen molar-refractivity contribution in [2.45, 2.75) is 32.2 Å². The number of anilines is 3. The van der Waals surface area contributed by atoms with E-state index in [0.717, 1.165) is 92.5 Å². The van der Waals surface area contributed by atoms with Gasteiger partial charge in [0.1, 0.15) is 17.8 Å². The number of hydrogen-bond acceptors (Lipinski definition) is 9. The van der Waals surface area contributed by atoms with Crippen molar-refractivity contribution in [1.29, 1.82) is 0 Å². The number of imidazole rings is 1. The lowest BCUT2D eigenvalue weighted by atomic mass is 10.1. The fourth-order valence-corrected chi connectivity index (χ4v) is 5.75. The molecule has 212 valence electrons. The molecule has 3 aliphatic rings. The van der Waals surface area contributed by atoms with Gasteiger partial charge in [0.2, 0.25) is 11.9 Å². The van der Waals surface area contributed by atoms with E-state index in [1.165, 1.54) is 5.56 Å². The van der Waals surface area contributed by atoms with E-state index in [9.17, 15) is 4.79 Å². The summed E-state index contributed by atoms with van der Waals surface area (Å²) in [7, 11) is 1.67. The normalized spacial score (nSPS) is 18.3. The van der Waals surface area contributed by atoms with E-state index in [4.69, 9.17) is 9.72 Å². The molecule has 1 unspecified atom stereocenters. The summed E-state index contributed by atoms with van der Waals surface area (Å²) < 4.78 is 5.75. The minimum Gasteiger partial charge on any atom is -0.491 e. The van der Waals surface area contributed by atoms with Crippen molar-refractivity contribution >= 4 is 34.5 Å². The molecule has 5 heterocycles. The summed E-state index contributed by atoms with van der Waals surface area (Å²) in [5, 5.41) is 3.35. The minimum absolute atomic E-state index is 0.221. The fraction of sp³-hybridized carbons (Fsp3) is 0.433. The maximum atomic E-state index is 12.4. The maximum absolute atomic E-state index is 12.4. The Morgan fingerprint density at radius 2 is 1.88 bits per heavy atom. The molecule has 1 aromatic carbocycles. The maximum Gasteiger partial charge on any atom is 0.225 e. The lowest BCUT2D eigenvalue weighted by molar-refractivity contribution is -0.134. The van der Waals surface area contributed by atoms with Crippen LogP contribution in [-0.4, -0.2) is 87.0 Å². The summed E-state index contributed by atoms with van der Waals surface area (Å²) in [6.07, 6.45) is 6.71. The standard InChI is InChI=1S/C30H35N9O2/c1-19(37-12-14-39(15-13-37)29(40)20-4-5-20)21-8-9-31-25(17-21)36-30-34-23-7-6-22(16-24(23)35-30)26-27(41-2)28(33-18-32-26)38-10-3-11-38/h6-9,16-20H,3-5,10-15H2,1-2H3,(H2,31,34,35,36). The van der Waals surface area contributed by atoms with Crippen LogP contribution in [0.4, 0.5) is 17.6 Å². The number of piperazine rings is 1. The number of methoxy groups -OCH3 is 1. The molecule has 2 N–H and O–H groups in total. The van der Waals surface area contributed by atoms with E-state index in [2.05, 4.69) is 54.1 Å². The van der Waals surface area contributed by atoms with Gasteiger partial charge in [-0.1, -0.05) is 6.07 Å². The van der Waals surface area contributed by atoms with Crippen molar-refractivity contribution in [1.82, 2.24) is 34.7 Å². The number of fused-ring (bicyclic) bond motifs is 1. The van der Waals surface area contributed by atoms with Crippen molar-refractivity contribution in [3.63, 3.8) is 0 Å². The third-order valence-electron chi connectivity index (χ3n) is 8.51. The van der Waals surface area contributed by atoms with Gasteiger partial charge in [0.05, 0.1) is 18.1 Å². The van der Waals surface area contributed by atoms with Crippen LogP contribution >= 0.6 is 0 Å². The number of carbonyl (C=O) groups is 1. The van der Waals surface area contributed by atoms with Crippen LogP contribution in [0.5, 0.6) is 5.75 Å². The molecule has 0 bridgehead atoms. The minimum atomic E-state index is 0.221. The van der Waals surface area contributed by atoms with Crippen LogP contribution in [-0.2, 0) is 4.79 Å². The zero-order valence-electron chi connectivity index (χ0n) is 23.5. The van der Waals surface area contributed by atoms with Gasteiger partial charge in [-0.2, -0.15) is 0 Å². The molecule has 3 fully saturated rings. The van der Waals surface area contributed by atoms with Crippen LogP contribution in [0.3, 0.4) is 0 Å². The number of pyridine rings is 1. The SMILES string of the molecule is COc1c(-c2ccc3nc(Nc4cc(C(C)N5CCN(C(=O)C6CC6)CC5)ccn4)[nH]c3c2)ncnc1N1CCC1. The van der Waals surface area contributed by atoms with E-state index >= 15 is 0 Å². The quantitative estimate of drug-likeness (QED) is 0.334. The van der Waals surface area contributed by atoms with E-state index in [1.807, 2.05) is 29.3 Å². The van der Waals surface area contributed by atoms with Crippen LogP contribution in [0.1, 0.15) is 37.8 Å². The Bertz CT molecular complexity index is 1570. The molecule has 2 saturated heterocycles. The van der Waals surface area contributed by atoms with Gasteiger partial charge in [0.25, 0.3) is 0 Å². The van der Waals surface area contributed by atoms with E-state index < -0.39 is 0 Å². The number of nitrogens with zero attached hydrogens (tertiary/aromatic N) is 7. The molecule has 2 aliphatic heterocycles. The molecule has 11 heteroatoms. The smallest absolute Gasteiger partial charge is 0.225 e. The van der Waals surface area contributed by atoms with Crippen molar-refractivity contribution in [2.75, 3.05) is 56.6 Å². The van der Waals surface area contributed by atoms with Crippen LogP contribution in [0.15, 0.2) is 42.9 Å². The van der Waals surface area contributed by atoms with Crippen LogP contribution in [0.2, 0.25) is 0 Å². The van der Waals surface area contributed by atoms with Gasteiger partial charge in [-0.3, -0.25) is 9.69 Å². The van der Waals surface area contributed by atoms with Gasteiger partial charge in [0.15, 0.2) is 11.6 Å². The van der Waals surface area contributed by atoms with Crippen molar-refractivity contribution < 1.29 is 9.53 Å². The molecule has 0 spiro atoms. The number of benzene rings is 1. The number of aromatic amines is 1. The molecule has 11 nitrogen and oxygen atoms in total. The molecular formula is C30H35N9O2. The molecule has 7 rings (SSSR count). The predicted octanol–water partition coefficient (Wildman–Crippen LogP) is 3.99. The summed E-state index contributed by atoms with van der Waals surface area (Å²) in [4.78, 5) is 40.8. The van der Waals surface area contributed by atoms with Crippen molar-refractivity contribution in [3.8, 4) is 17.0 Å².